The fourth-order valence-electron chi connectivity index (χ4n) is 2.20. The number of nitrogens with zero attached hydrogens (tertiary/aromatic N) is 1. The van der Waals surface area contributed by atoms with Crippen molar-refractivity contribution in [1.82, 2.24) is 10.3 Å². The second-order valence-electron chi connectivity index (χ2n) is 4.86. The van der Waals surface area contributed by atoms with Crippen LogP contribution in [0, 0.1) is 5.82 Å². The molecule has 0 radical (unpaired) electrons. The molecule has 0 fully saturated rings. The quantitative estimate of drug-likeness (QED) is 0.726. The van der Waals surface area contributed by atoms with Gasteiger partial charge in [-0.1, -0.05) is 41.9 Å². The molecule has 0 saturated carbocycles. The van der Waals surface area contributed by atoms with Crippen LogP contribution in [-0.2, 0) is 13.1 Å². The molecule has 1 N–H and O–H groups in total. The fourth-order valence-corrected chi connectivity index (χ4v) is 2.42. The van der Waals surface area contributed by atoms with Gasteiger partial charge in [-0.05, 0) is 29.8 Å². The van der Waals surface area contributed by atoms with Crippen LogP contribution in [0.15, 0.2) is 54.6 Å². The molecule has 3 rings (SSSR count). The van der Waals surface area contributed by atoms with E-state index in [9.17, 15) is 4.39 Å². The maximum atomic E-state index is 12.8. The zero-order valence-corrected chi connectivity index (χ0v) is 12.1. The summed E-state index contributed by atoms with van der Waals surface area (Å²) in [6, 6.07) is 16.4. The summed E-state index contributed by atoms with van der Waals surface area (Å²) < 4.78 is 12.8. The minimum atomic E-state index is -0.222. The topological polar surface area (TPSA) is 24.9 Å². The normalized spacial score (nSPS) is 11.0. The predicted octanol–water partition coefficient (Wildman–Crippen LogP) is 4.32. The van der Waals surface area contributed by atoms with Crippen molar-refractivity contribution in [3.05, 3.63) is 76.7 Å². The average molecular weight is 301 g/mol. The lowest BCUT2D eigenvalue weighted by atomic mass is 10.1. The first-order chi connectivity index (χ1) is 10.2. The highest BCUT2D eigenvalue weighted by Gasteiger charge is 2.04. The third-order valence-electron chi connectivity index (χ3n) is 3.31. The highest BCUT2D eigenvalue weighted by molar-refractivity contribution is 6.30. The van der Waals surface area contributed by atoms with Gasteiger partial charge in [0.15, 0.2) is 0 Å². The SMILES string of the molecule is Fc1ccc(CNCc2cc3ccccc3nc2Cl)cc1. The van der Waals surface area contributed by atoms with E-state index in [1.54, 1.807) is 12.1 Å². The number of nitrogens with one attached hydrogen (secondary N) is 1. The van der Waals surface area contributed by atoms with Gasteiger partial charge in [0.25, 0.3) is 0 Å². The molecule has 0 aliphatic carbocycles. The molecule has 0 atom stereocenters. The predicted molar refractivity (Wildman–Crippen MR) is 83.7 cm³/mol. The van der Waals surface area contributed by atoms with Gasteiger partial charge in [-0.2, -0.15) is 0 Å². The van der Waals surface area contributed by atoms with Crippen LogP contribution in [0.3, 0.4) is 0 Å². The molecule has 21 heavy (non-hydrogen) atoms. The summed E-state index contributed by atoms with van der Waals surface area (Å²) in [6.45, 7) is 1.28. The number of rotatable bonds is 4. The van der Waals surface area contributed by atoms with Crippen molar-refractivity contribution < 1.29 is 4.39 Å². The molecule has 2 aromatic carbocycles. The van der Waals surface area contributed by atoms with Crippen LogP contribution < -0.4 is 5.32 Å². The zero-order chi connectivity index (χ0) is 14.7. The first kappa shape index (κ1) is 14.0. The van der Waals surface area contributed by atoms with E-state index in [2.05, 4.69) is 10.3 Å². The minimum Gasteiger partial charge on any atom is -0.309 e. The first-order valence-corrected chi connectivity index (χ1v) is 7.09. The lowest BCUT2D eigenvalue weighted by molar-refractivity contribution is 0.625. The molecule has 0 bridgehead atoms. The van der Waals surface area contributed by atoms with Gasteiger partial charge in [-0.15, -0.1) is 0 Å². The maximum absolute atomic E-state index is 12.8. The van der Waals surface area contributed by atoms with E-state index in [-0.39, 0.29) is 5.82 Å². The van der Waals surface area contributed by atoms with Gasteiger partial charge < -0.3 is 5.32 Å². The summed E-state index contributed by atoms with van der Waals surface area (Å²) in [6.07, 6.45) is 0. The summed E-state index contributed by atoms with van der Waals surface area (Å²) >= 11 is 6.21. The van der Waals surface area contributed by atoms with Crippen LogP contribution in [0.4, 0.5) is 4.39 Å². The van der Waals surface area contributed by atoms with Crippen LogP contribution in [0.2, 0.25) is 5.15 Å². The molecule has 0 aliphatic rings. The molecule has 1 heterocycles. The first-order valence-electron chi connectivity index (χ1n) is 6.72. The molecular weight excluding hydrogens is 287 g/mol. The molecule has 106 valence electrons. The summed E-state index contributed by atoms with van der Waals surface area (Å²) in [4.78, 5) is 4.39. The Kier molecular flexibility index (Phi) is 4.13. The van der Waals surface area contributed by atoms with E-state index < -0.39 is 0 Å². The summed E-state index contributed by atoms with van der Waals surface area (Å²) in [5.74, 6) is -0.222. The molecule has 3 aromatic rings. The highest BCUT2D eigenvalue weighted by atomic mass is 35.5. The summed E-state index contributed by atoms with van der Waals surface area (Å²) in [7, 11) is 0. The Bertz CT molecular complexity index is 756. The molecule has 0 unspecified atom stereocenters. The number of halogens is 2. The monoisotopic (exact) mass is 300 g/mol. The van der Waals surface area contributed by atoms with Gasteiger partial charge in [0, 0.05) is 24.0 Å². The van der Waals surface area contributed by atoms with Gasteiger partial charge >= 0.3 is 0 Å². The Morgan fingerprint density at radius 3 is 2.57 bits per heavy atom. The van der Waals surface area contributed by atoms with Crippen molar-refractivity contribution in [3.8, 4) is 0 Å². The van der Waals surface area contributed by atoms with E-state index in [0.717, 1.165) is 22.0 Å². The molecule has 0 amide bonds. The van der Waals surface area contributed by atoms with Crippen molar-refractivity contribution in [2.75, 3.05) is 0 Å². The molecule has 0 aliphatic heterocycles. The van der Waals surface area contributed by atoms with Gasteiger partial charge in [0.1, 0.15) is 11.0 Å². The Hall–Kier alpha value is -1.97. The molecule has 2 nitrogen and oxygen atoms in total. The zero-order valence-electron chi connectivity index (χ0n) is 11.3. The Labute approximate surface area is 127 Å². The van der Waals surface area contributed by atoms with E-state index >= 15 is 0 Å². The lowest BCUT2D eigenvalue weighted by Gasteiger charge is -2.08. The number of pyridine rings is 1. The summed E-state index contributed by atoms with van der Waals surface area (Å²) in [5.41, 5.74) is 2.88. The molecule has 1 aromatic heterocycles. The molecule has 0 spiro atoms. The number of para-hydroxylation sites is 1. The Morgan fingerprint density at radius 2 is 1.76 bits per heavy atom. The van der Waals surface area contributed by atoms with Crippen LogP contribution in [0.1, 0.15) is 11.1 Å². The fraction of sp³-hybridized carbons (Fsp3) is 0.118. The van der Waals surface area contributed by atoms with Gasteiger partial charge in [-0.3, -0.25) is 0 Å². The molecular formula is C17H14ClFN2. The van der Waals surface area contributed by atoms with Crippen molar-refractivity contribution in [2.45, 2.75) is 13.1 Å². The van der Waals surface area contributed by atoms with E-state index in [0.29, 0.717) is 18.2 Å². The van der Waals surface area contributed by atoms with Gasteiger partial charge in [-0.25, -0.2) is 9.37 Å². The van der Waals surface area contributed by atoms with E-state index in [1.165, 1.54) is 12.1 Å². The minimum absolute atomic E-state index is 0.222. The van der Waals surface area contributed by atoms with Crippen molar-refractivity contribution >= 4 is 22.5 Å². The largest absolute Gasteiger partial charge is 0.309 e. The number of hydrogen-bond donors (Lipinski definition) is 1. The van der Waals surface area contributed by atoms with Crippen molar-refractivity contribution in [3.63, 3.8) is 0 Å². The van der Waals surface area contributed by atoms with Crippen LogP contribution in [-0.4, -0.2) is 4.98 Å². The maximum Gasteiger partial charge on any atom is 0.134 e. The average Bonchev–Trinajstić information content (AvgIpc) is 2.50. The standard InChI is InChI=1S/C17H14ClFN2/c18-17-14(9-13-3-1-2-4-16(13)21-17)11-20-10-12-5-7-15(19)8-6-12/h1-9,20H,10-11H2. The second kappa shape index (κ2) is 6.20. The highest BCUT2D eigenvalue weighted by Crippen LogP contribution is 2.20. The molecule has 0 saturated heterocycles. The third-order valence-corrected chi connectivity index (χ3v) is 3.64. The number of fused-ring (bicyclic) bond motifs is 1. The van der Waals surface area contributed by atoms with Crippen LogP contribution in [0.5, 0.6) is 0 Å². The smallest absolute Gasteiger partial charge is 0.134 e. The molecule has 4 heteroatoms. The van der Waals surface area contributed by atoms with Gasteiger partial charge in [0.2, 0.25) is 0 Å². The number of hydrogen-bond acceptors (Lipinski definition) is 2. The lowest BCUT2D eigenvalue weighted by Crippen LogP contribution is -2.13. The van der Waals surface area contributed by atoms with Crippen molar-refractivity contribution in [2.24, 2.45) is 0 Å². The number of aromatic nitrogens is 1. The van der Waals surface area contributed by atoms with Gasteiger partial charge in [0.05, 0.1) is 5.52 Å². The summed E-state index contributed by atoms with van der Waals surface area (Å²) in [5, 5.41) is 4.88. The third kappa shape index (κ3) is 3.38. The second-order valence-corrected chi connectivity index (χ2v) is 5.22. The van der Waals surface area contributed by atoms with E-state index in [4.69, 9.17) is 11.6 Å². The Balaban J connectivity index is 1.70. The van der Waals surface area contributed by atoms with Crippen LogP contribution >= 0.6 is 11.6 Å². The number of benzene rings is 2. The van der Waals surface area contributed by atoms with E-state index in [1.807, 2.05) is 30.3 Å². The van der Waals surface area contributed by atoms with Crippen LogP contribution in [0.25, 0.3) is 10.9 Å². The van der Waals surface area contributed by atoms with Crippen molar-refractivity contribution in [1.29, 1.82) is 0 Å². The Morgan fingerprint density at radius 1 is 1.00 bits per heavy atom.